The molecule has 28 nitrogen and oxygen atoms in total. The number of nitrogens with one attached hydrogen (secondary N) is 11. The normalized spacial score (nSPS) is 14.1. The predicted octanol–water partition coefficient (Wildman–Crippen LogP) is 0.452. The number of aliphatic hydroxyl groups excluding tert-OH is 1. The van der Waals surface area contributed by atoms with Gasteiger partial charge in [0.25, 0.3) is 0 Å². The van der Waals surface area contributed by atoms with Crippen molar-refractivity contribution in [2.24, 2.45) is 0 Å². The maximum absolute atomic E-state index is 12.8. The summed E-state index contributed by atoms with van der Waals surface area (Å²) in [5.41, 5.74) is 5.61. The first-order chi connectivity index (χ1) is 38.7. The van der Waals surface area contributed by atoms with E-state index in [9.17, 15) is 19.5 Å². The number of hydrogen-bond donors (Lipinski definition) is 15. The second-order valence-corrected chi connectivity index (χ2v) is 25.9. The van der Waals surface area contributed by atoms with E-state index in [2.05, 4.69) is 160 Å². The number of carbonyl (C=O) groups is 3. The average Bonchev–Trinajstić information content (AvgIpc) is 4.16. The SMILES string of the molecule is CCCNCCN(CCN(CCNCCN(CCC)C(O)COCCC[Si](C)(C)OC1CCCCCCC1)CCNCC(=O)CNc1nnc(S)[nH]1)CN(CCNCC(=O)Nc1nnc(N)[nH]1)CCNCC(=O)Nc1nnc(S)[nH]1. The summed E-state index contributed by atoms with van der Waals surface area (Å²) < 4.78 is 12.8. The number of ketones is 1. The summed E-state index contributed by atoms with van der Waals surface area (Å²) in [6.45, 7) is 22.0. The molecule has 1 atom stereocenters. The van der Waals surface area contributed by atoms with Crippen LogP contribution < -0.4 is 48.3 Å². The van der Waals surface area contributed by atoms with E-state index in [0.29, 0.717) is 88.0 Å². The summed E-state index contributed by atoms with van der Waals surface area (Å²) in [5, 5.41) is 60.0. The van der Waals surface area contributed by atoms with Gasteiger partial charge in [0, 0.05) is 111 Å². The Bertz CT molecular complexity index is 2040. The zero-order valence-electron chi connectivity index (χ0n) is 48.1. The Hall–Kier alpha value is -3.93. The van der Waals surface area contributed by atoms with Crippen LogP contribution in [0.15, 0.2) is 10.3 Å². The number of aromatic amines is 3. The first-order valence-corrected chi connectivity index (χ1v) is 32.9. The molecule has 31 heteroatoms. The molecule has 1 aliphatic carbocycles. The predicted molar refractivity (Wildman–Crippen MR) is 321 cm³/mol. The fourth-order valence-corrected chi connectivity index (χ4v) is 11.6. The molecule has 80 heavy (non-hydrogen) atoms. The lowest BCUT2D eigenvalue weighted by molar-refractivity contribution is -0.117. The summed E-state index contributed by atoms with van der Waals surface area (Å²) in [4.78, 5) is 55.6. The van der Waals surface area contributed by atoms with Crippen LogP contribution in [0.1, 0.15) is 78.1 Å². The summed E-state index contributed by atoms with van der Waals surface area (Å²) in [5.74, 6) is 0.300. The molecule has 0 spiro atoms. The fourth-order valence-electron chi connectivity index (χ4n) is 9.08. The van der Waals surface area contributed by atoms with Gasteiger partial charge in [0.2, 0.25) is 35.6 Å². The monoisotopic (exact) mass is 1180 g/mol. The number of ether oxygens (including phenoxy) is 1. The zero-order valence-corrected chi connectivity index (χ0v) is 50.9. The third-order valence-electron chi connectivity index (χ3n) is 13.3. The molecule has 1 fully saturated rings. The second kappa shape index (κ2) is 41.1. The minimum Gasteiger partial charge on any atom is -0.414 e. The minimum atomic E-state index is -1.80. The van der Waals surface area contributed by atoms with Gasteiger partial charge in [-0.2, -0.15) is 0 Å². The lowest BCUT2D eigenvalue weighted by Crippen LogP contribution is -2.49. The van der Waals surface area contributed by atoms with E-state index < -0.39 is 14.5 Å². The molecule has 1 unspecified atom stereocenters. The highest BCUT2D eigenvalue weighted by atomic mass is 32.1. The number of H-pyrrole nitrogens is 3. The fraction of sp³-hybridized carbons (Fsp3) is 0.816. The third kappa shape index (κ3) is 32.1. The van der Waals surface area contributed by atoms with Crippen molar-refractivity contribution in [2.75, 3.05) is 172 Å². The molecule has 0 aromatic carbocycles. The molecular formula is C49H98N22O6S2Si. The zero-order chi connectivity index (χ0) is 57.6. The van der Waals surface area contributed by atoms with E-state index in [0.717, 1.165) is 77.7 Å². The number of rotatable bonds is 47. The van der Waals surface area contributed by atoms with E-state index in [4.69, 9.17) is 14.9 Å². The van der Waals surface area contributed by atoms with Gasteiger partial charge in [-0.15, -0.1) is 55.8 Å². The number of Topliss-reactive ketones (excluding diaryl/α,β-unsaturated/α-hetero) is 1. The number of aromatic nitrogens is 9. The van der Waals surface area contributed by atoms with Crippen LogP contribution in [0.3, 0.4) is 0 Å². The molecule has 456 valence electrons. The van der Waals surface area contributed by atoms with Crippen LogP contribution >= 0.6 is 25.3 Å². The van der Waals surface area contributed by atoms with Crippen molar-refractivity contribution in [3.8, 4) is 0 Å². The maximum atomic E-state index is 12.8. The van der Waals surface area contributed by atoms with Gasteiger partial charge in [0.15, 0.2) is 24.4 Å². The molecule has 1 aliphatic rings. The quantitative estimate of drug-likeness (QED) is 0.0158. The standard InChI is InChI=1S/C49H98N22O6S2Si/c1-5-15-51-17-25-70(38-69(26-19-54-35-41(73)57-46-59-44(50)62-64-46)27-20-55-36-42(74)58-47-61-49(79)67-65-47)30-29-68(24-18-53-33-39(72)34-56-45-60-48(78)66-63-45)23-16-52-21-28-71(22-6-2)43(75)37-76-31-12-32-80(3,4)77-40-13-10-8-7-9-11-14-40/h40,43,51-55,75H,5-38H2,1-4H3,(H3,56,60,63,66,78)(H4,50,57,59,62,64,73)(H3,58,61,65,67,74,79). The Balaban J connectivity index is 1.32. The van der Waals surface area contributed by atoms with Crippen molar-refractivity contribution in [1.29, 1.82) is 0 Å². The molecule has 0 saturated heterocycles. The molecule has 14 N–H and O–H groups in total. The van der Waals surface area contributed by atoms with Crippen molar-refractivity contribution < 1.29 is 28.7 Å². The van der Waals surface area contributed by atoms with E-state index in [-0.39, 0.29) is 68.2 Å². The Labute approximate surface area is 485 Å². The van der Waals surface area contributed by atoms with Gasteiger partial charge >= 0.3 is 0 Å². The van der Waals surface area contributed by atoms with Crippen molar-refractivity contribution in [2.45, 2.75) is 120 Å². The molecular weight excluding hydrogens is 1080 g/mol. The highest BCUT2D eigenvalue weighted by molar-refractivity contribution is 7.80. The van der Waals surface area contributed by atoms with Gasteiger partial charge in [-0.25, -0.2) is 0 Å². The third-order valence-corrected chi connectivity index (χ3v) is 16.2. The van der Waals surface area contributed by atoms with Crippen LogP contribution in [0, 0.1) is 0 Å². The molecule has 3 aromatic heterocycles. The van der Waals surface area contributed by atoms with Crippen LogP contribution in [-0.2, 0) is 23.5 Å². The van der Waals surface area contributed by atoms with Crippen molar-refractivity contribution >= 4 is 75.0 Å². The number of thiol groups is 2. The van der Waals surface area contributed by atoms with Gasteiger partial charge in [0.1, 0.15) is 6.23 Å². The van der Waals surface area contributed by atoms with Crippen molar-refractivity contribution in [1.82, 2.24) is 91.7 Å². The van der Waals surface area contributed by atoms with Gasteiger partial charge in [-0.05, 0) is 57.8 Å². The number of carbonyl (C=O) groups excluding carboxylic acids is 3. The van der Waals surface area contributed by atoms with Gasteiger partial charge in [-0.3, -0.25) is 49.6 Å². The number of hydrogen-bond acceptors (Lipinski definition) is 25. The Morgan fingerprint density at radius 2 is 1.16 bits per heavy atom. The molecule has 4 rings (SSSR count). The van der Waals surface area contributed by atoms with Crippen molar-refractivity contribution in [3.63, 3.8) is 0 Å². The van der Waals surface area contributed by atoms with E-state index in [1.807, 2.05) is 0 Å². The van der Waals surface area contributed by atoms with Crippen LogP contribution in [0.5, 0.6) is 0 Å². The summed E-state index contributed by atoms with van der Waals surface area (Å²) in [6.07, 6.45) is 11.5. The smallest absolute Gasteiger partial charge is 0.240 e. The second-order valence-electron chi connectivity index (χ2n) is 20.8. The Morgan fingerprint density at radius 1 is 0.637 bits per heavy atom. The average molecular weight is 1180 g/mol. The first-order valence-electron chi connectivity index (χ1n) is 28.8. The molecule has 0 aliphatic heterocycles. The van der Waals surface area contributed by atoms with Crippen LogP contribution in [-0.4, -0.2) is 259 Å². The molecule has 2 amide bonds. The highest BCUT2D eigenvalue weighted by Crippen LogP contribution is 2.25. The van der Waals surface area contributed by atoms with Crippen LogP contribution in [0.25, 0.3) is 0 Å². The van der Waals surface area contributed by atoms with E-state index in [1.165, 1.54) is 44.9 Å². The molecule has 3 heterocycles. The number of nitrogen functional groups attached to an aromatic ring is 1. The lowest BCUT2D eigenvalue weighted by Gasteiger charge is -2.33. The number of anilines is 4. The number of aliphatic hydroxyl groups is 1. The number of nitrogens with zero attached hydrogens (tertiary/aromatic N) is 10. The van der Waals surface area contributed by atoms with Gasteiger partial charge < -0.3 is 61.9 Å². The Kier molecular flexibility index (Phi) is 35.2. The number of nitrogens with two attached hydrogens (primary N) is 1. The topological polar surface area (TPSA) is 350 Å². The van der Waals surface area contributed by atoms with Crippen LogP contribution in [0.2, 0.25) is 19.1 Å². The number of amides is 2. The van der Waals surface area contributed by atoms with Gasteiger partial charge in [0.05, 0.1) is 39.5 Å². The molecule has 3 aromatic rings. The maximum Gasteiger partial charge on any atom is 0.240 e. The molecule has 0 radical (unpaired) electrons. The molecule has 1 saturated carbocycles. The highest BCUT2D eigenvalue weighted by Gasteiger charge is 2.27. The largest absolute Gasteiger partial charge is 0.414 e. The van der Waals surface area contributed by atoms with Crippen LogP contribution in [0.4, 0.5) is 23.8 Å². The van der Waals surface area contributed by atoms with E-state index in [1.54, 1.807) is 0 Å². The lowest BCUT2D eigenvalue weighted by atomic mass is 9.99. The van der Waals surface area contributed by atoms with E-state index >= 15 is 0 Å². The summed E-state index contributed by atoms with van der Waals surface area (Å²) in [6, 6.07) is 1.05. The summed E-state index contributed by atoms with van der Waals surface area (Å²) >= 11 is 8.25. The van der Waals surface area contributed by atoms with Crippen molar-refractivity contribution in [3.05, 3.63) is 0 Å². The molecule has 0 bridgehead atoms. The summed E-state index contributed by atoms with van der Waals surface area (Å²) in [7, 11) is -1.80. The minimum absolute atomic E-state index is 0.0202. The van der Waals surface area contributed by atoms with Gasteiger partial charge in [-0.1, -0.05) is 46.0 Å². The first kappa shape index (κ1) is 68.6. The Morgan fingerprint density at radius 3 is 1.75 bits per heavy atom.